The van der Waals surface area contributed by atoms with Gasteiger partial charge in [0.05, 0.1) is 18.8 Å². The molecule has 4 aromatic rings. The van der Waals surface area contributed by atoms with Gasteiger partial charge in [-0.15, -0.1) is 0 Å². The lowest BCUT2D eigenvalue weighted by molar-refractivity contribution is 0.0497. The summed E-state index contributed by atoms with van der Waals surface area (Å²) in [6, 6.07) is 23.6. The maximum absolute atomic E-state index is 12.5. The highest BCUT2D eigenvalue weighted by molar-refractivity contribution is 5.89. The molecule has 264 valence electrons. The summed E-state index contributed by atoms with van der Waals surface area (Å²) >= 11 is 0. The van der Waals surface area contributed by atoms with E-state index in [0.717, 1.165) is 53.9 Å². The summed E-state index contributed by atoms with van der Waals surface area (Å²) < 4.78 is 17.0. The standard InChI is InChI=1S/C43H58N2O4/c1-3-5-7-9-11-13-14-16-18-20-34-48-43(46)39-27-23-37(24-28-39)41-44-42(49-45-41)38-25-21-35(22-26-38)36-29-31-40(32-30-36)47-33-19-17-15-12-10-8-6-4-2/h21-32H,3-20,33-34H2,1-2H3. The van der Waals surface area contributed by atoms with Gasteiger partial charge in [0.1, 0.15) is 5.75 Å². The van der Waals surface area contributed by atoms with Crippen LogP contribution in [0.15, 0.2) is 77.3 Å². The Hall–Kier alpha value is -3.93. The molecule has 0 aliphatic rings. The van der Waals surface area contributed by atoms with Crippen LogP contribution >= 0.6 is 0 Å². The SMILES string of the molecule is CCCCCCCCCCCCOC(=O)c1ccc(-c2noc(-c3ccc(-c4ccc(OCCCCCCCCCC)cc4)cc3)n2)cc1. The van der Waals surface area contributed by atoms with Crippen LogP contribution in [0.3, 0.4) is 0 Å². The van der Waals surface area contributed by atoms with Crippen molar-refractivity contribution in [2.24, 2.45) is 0 Å². The Morgan fingerprint density at radius 2 is 0.980 bits per heavy atom. The van der Waals surface area contributed by atoms with Gasteiger partial charge in [-0.05, 0) is 60.4 Å². The van der Waals surface area contributed by atoms with E-state index in [-0.39, 0.29) is 5.97 Å². The van der Waals surface area contributed by atoms with Gasteiger partial charge in [0.25, 0.3) is 5.89 Å². The number of unbranched alkanes of at least 4 members (excludes halogenated alkanes) is 16. The molecule has 0 atom stereocenters. The van der Waals surface area contributed by atoms with Crippen molar-refractivity contribution in [1.82, 2.24) is 10.1 Å². The number of esters is 1. The largest absolute Gasteiger partial charge is 0.494 e. The lowest BCUT2D eigenvalue weighted by Crippen LogP contribution is -2.06. The maximum atomic E-state index is 12.5. The summed E-state index contributed by atoms with van der Waals surface area (Å²) in [4.78, 5) is 17.1. The monoisotopic (exact) mass is 666 g/mol. The van der Waals surface area contributed by atoms with Crippen molar-refractivity contribution in [3.05, 3.63) is 78.4 Å². The zero-order chi connectivity index (χ0) is 34.4. The summed E-state index contributed by atoms with van der Waals surface area (Å²) in [7, 11) is 0. The molecule has 0 aliphatic heterocycles. The minimum Gasteiger partial charge on any atom is -0.494 e. The van der Waals surface area contributed by atoms with E-state index in [1.807, 2.05) is 36.4 Å². The number of hydrogen-bond acceptors (Lipinski definition) is 6. The van der Waals surface area contributed by atoms with Gasteiger partial charge >= 0.3 is 5.97 Å². The van der Waals surface area contributed by atoms with E-state index in [2.05, 4.69) is 48.3 Å². The number of benzene rings is 3. The van der Waals surface area contributed by atoms with Gasteiger partial charge in [-0.2, -0.15) is 4.98 Å². The predicted molar refractivity (Wildman–Crippen MR) is 201 cm³/mol. The molecule has 0 spiro atoms. The van der Waals surface area contributed by atoms with Crippen molar-refractivity contribution in [3.8, 4) is 39.7 Å². The first-order chi connectivity index (χ1) is 24.2. The van der Waals surface area contributed by atoms with Crippen LogP contribution in [0.4, 0.5) is 0 Å². The minimum atomic E-state index is -0.294. The average Bonchev–Trinajstić information content (AvgIpc) is 3.64. The Morgan fingerprint density at radius 3 is 1.53 bits per heavy atom. The normalized spacial score (nSPS) is 11.1. The van der Waals surface area contributed by atoms with Gasteiger partial charge in [0, 0.05) is 11.1 Å². The fourth-order valence-corrected chi connectivity index (χ4v) is 6.03. The second kappa shape index (κ2) is 22.7. The molecular formula is C43H58N2O4. The Kier molecular flexibility index (Phi) is 17.5. The summed E-state index contributed by atoms with van der Waals surface area (Å²) in [6.07, 6.45) is 22.9. The molecule has 49 heavy (non-hydrogen) atoms. The predicted octanol–water partition coefficient (Wildman–Crippen LogP) is 12.7. The molecule has 1 aromatic heterocycles. The van der Waals surface area contributed by atoms with Crippen LogP contribution in [0.1, 0.15) is 140 Å². The number of carbonyl (C=O) groups excluding carboxylic acids is 1. The molecule has 0 N–H and O–H groups in total. The molecule has 0 radical (unpaired) electrons. The molecule has 6 nitrogen and oxygen atoms in total. The van der Waals surface area contributed by atoms with Crippen LogP contribution in [0.5, 0.6) is 5.75 Å². The number of aromatic nitrogens is 2. The highest BCUT2D eigenvalue weighted by Gasteiger charge is 2.13. The molecule has 0 aliphatic carbocycles. The molecule has 0 unspecified atom stereocenters. The van der Waals surface area contributed by atoms with Crippen molar-refractivity contribution < 1.29 is 18.8 Å². The molecule has 6 heteroatoms. The third-order valence-corrected chi connectivity index (χ3v) is 9.12. The fraction of sp³-hybridized carbons (Fsp3) is 0.512. The van der Waals surface area contributed by atoms with E-state index in [1.54, 1.807) is 12.1 Å². The lowest BCUT2D eigenvalue weighted by Gasteiger charge is -2.08. The van der Waals surface area contributed by atoms with E-state index in [1.165, 1.54) is 96.3 Å². The number of carbonyl (C=O) groups is 1. The summed E-state index contributed by atoms with van der Waals surface area (Å²) in [6.45, 7) is 5.74. The topological polar surface area (TPSA) is 74.5 Å². The number of hydrogen-bond donors (Lipinski definition) is 0. The zero-order valence-electron chi connectivity index (χ0n) is 30.1. The van der Waals surface area contributed by atoms with Gasteiger partial charge in [-0.3, -0.25) is 0 Å². The molecule has 4 rings (SSSR count). The van der Waals surface area contributed by atoms with Crippen LogP contribution in [0, 0.1) is 0 Å². The molecule has 0 saturated carbocycles. The van der Waals surface area contributed by atoms with Gasteiger partial charge in [-0.25, -0.2) is 4.79 Å². The zero-order valence-corrected chi connectivity index (χ0v) is 30.1. The fourth-order valence-electron chi connectivity index (χ4n) is 6.03. The smallest absolute Gasteiger partial charge is 0.338 e. The van der Waals surface area contributed by atoms with Crippen molar-refractivity contribution in [2.45, 2.75) is 129 Å². The summed E-state index contributed by atoms with van der Waals surface area (Å²) in [5.41, 5.74) is 4.38. The van der Waals surface area contributed by atoms with E-state index in [4.69, 9.17) is 14.0 Å². The van der Waals surface area contributed by atoms with Crippen LogP contribution in [0.2, 0.25) is 0 Å². The molecular weight excluding hydrogens is 608 g/mol. The van der Waals surface area contributed by atoms with Crippen LogP contribution in [-0.4, -0.2) is 29.3 Å². The van der Waals surface area contributed by atoms with Crippen molar-refractivity contribution in [1.29, 1.82) is 0 Å². The molecule has 0 saturated heterocycles. The quantitative estimate of drug-likeness (QED) is 0.0517. The van der Waals surface area contributed by atoms with Crippen LogP contribution < -0.4 is 4.74 Å². The molecule has 0 amide bonds. The first kappa shape index (κ1) is 37.9. The molecule has 1 heterocycles. The number of ether oxygens (including phenoxy) is 2. The highest BCUT2D eigenvalue weighted by Crippen LogP contribution is 2.27. The molecule has 0 fully saturated rings. The first-order valence-corrected chi connectivity index (χ1v) is 19.1. The summed E-state index contributed by atoms with van der Waals surface area (Å²) in [5, 5.41) is 4.18. The third kappa shape index (κ3) is 13.8. The maximum Gasteiger partial charge on any atom is 0.338 e. The lowest BCUT2D eigenvalue weighted by atomic mass is 10.0. The minimum absolute atomic E-state index is 0.294. The van der Waals surface area contributed by atoms with Crippen LogP contribution in [0.25, 0.3) is 34.0 Å². The van der Waals surface area contributed by atoms with E-state index in [0.29, 0.717) is 23.9 Å². The number of nitrogens with zero attached hydrogens (tertiary/aromatic N) is 2. The first-order valence-electron chi connectivity index (χ1n) is 19.1. The second-order valence-corrected chi connectivity index (χ2v) is 13.2. The van der Waals surface area contributed by atoms with E-state index in [9.17, 15) is 4.79 Å². The highest BCUT2D eigenvalue weighted by atomic mass is 16.5. The van der Waals surface area contributed by atoms with Gasteiger partial charge < -0.3 is 14.0 Å². The summed E-state index contributed by atoms with van der Waals surface area (Å²) in [5.74, 6) is 1.55. The Labute approximate surface area is 295 Å². The Morgan fingerprint density at radius 1 is 0.531 bits per heavy atom. The second-order valence-electron chi connectivity index (χ2n) is 13.2. The third-order valence-electron chi connectivity index (χ3n) is 9.12. The Balaban J connectivity index is 1.15. The van der Waals surface area contributed by atoms with E-state index < -0.39 is 0 Å². The van der Waals surface area contributed by atoms with Crippen LogP contribution in [-0.2, 0) is 4.74 Å². The Bertz CT molecular complexity index is 1440. The number of rotatable bonds is 25. The molecule has 3 aromatic carbocycles. The van der Waals surface area contributed by atoms with Crippen molar-refractivity contribution >= 4 is 5.97 Å². The molecule has 0 bridgehead atoms. The van der Waals surface area contributed by atoms with Gasteiger partial charge in [0.2, 0.25) is 5.82 Å². The van der Waals surface area contributed by atoms with Gasteiger partial charge in [-0.1, -0.05) is 158 Å². The van der Waals surface area contributed by atoms with Gasteiger partial charge in [0.15, 0.2) is 0 Å². The van der Waals surface area contributed by atoms with E-state index >= 15 is 0 Å². The van der Waals surface area contributed by atoms with Crippen molar-refractivity contribution in [2.75, 3.05) is 13.2 Å². The van der Waals surface area contributed by atoms with Crippen molar-refractivity contribution in [3.63, 3.8) is 0 Å². The average molecular weight is 667 g/mol.